The first-order valence-electron chi connectivity index (χ1n) is 6.07. The van der Waals surface area contributed by atoms with Crippen LogP contribution in [0.5, 0.6) is 0 Å². The van der Waals surface area contributed by atoms with E-state index in [1.807, 2.05) is 13.8 Å². The van der Waals surface area contributed by atoms with Gasteiger partial charge in [-0.05, 0) is 31.5 Å². The zero-order chi connectivity index (χ0) is 13.1. The quantitative estimate of drug-likeness (QED) is 0.830. The first-order chi connectivity index (χ1) is 8.63. The standard InChI is InChI=1S/C14H17FO3/c1-3-6-17-8-12(16)14-9(2)11-7-10(15)4-5-13(11)18-14/h4-5,7,12,16H,3,6,8H2,1-2H3. The predicted octanol–water partition coefficient (Wildman–Crippen LogP) is 3.34. The molecule has 1 aromatic carbocycles. The van der Waals surface area contributed by atoms with E-state index in [4.69, 9.17) is 9.15 Å². The van der Waals surface area contributed by atoms with Crippen molar-refractivity contribution in [2.45, 2.75) is 26.4 Å². The second kappa shape index (κ2) is 5.50. The molecule has 0 amide bonds. The molecule has 4 heteroatoms. The van der Waals surface area contributed by atoms with E-state index in [9.17, 15) is 9.50 Å². The van der Waals surface area contributed by atoms with E-state index < -0.39 is 6.10 Å². The molecule has 18 heavy (non-hydrogen) atoms. The molecule has 0 saturated heterocycles. The van der Waals surface area contributed by atoms with Gasteiger partial charge in [-0.3, -0.25) is 0 Å². The van der Waals surface area contributed by atoms with E-state index in [2.05, 4.69) is 0 Å². The number of aliphatic hydroxyl groups excluding tert-OH is 1. The van der Waals surface area contributed by atoms with Gasteiger partial charge in [-0.2, -0.15) is 0 Å². The molecular weight excluding hydrogens is 235 g/mol. The Morgan fingerprint density at radius 2 is 2.22 bits per heavy atom. The summed E-state index contributed by atoms with van der Waals surface area (Å²) < 4.78 is 24.0. The van der Waals surface area contributed by atoms with Gasteiger partial charge in [0.1, 0.15) is 23.3 Å². The van der Waals surface area contributed by atoms with Crippen molar-refractivity contribution < 1.29 is 18.7 Å². The van der Waals surface area contributed by atoms with Crippen LogP contribution in [0.2, 0.25) is 0 Å². The molecule has 98 valence electrons. The molecule has 1 aromatic heterocycles. The zero-order valence-electron chi connectivity index (χ0n) is 10.6. The Hall–Kier alpha value is -1.39. The van der Waals surface area contributed by atoms with Crippen LogP contribution in [-0.2, 0) is 4.74 Å². The topological polar surface area (TPSA) is 42.6 Å². The summed E-state index contributed by atoms with van der Waals surface area (Å²) in [5.41, 5.74) is 1.34. The summed E-state index contributed by atoms with van der Waals surface area (Å²) in [6.45, 7) is 4.60. The third-order valence-corrected chi connectivity index (χ3v) is 2.86. The molecule has 1 atom stereocenters. The molecule has 3 nitrogen and oxygen atoms in total. The van der Waals surface area contributed by atoms with Gasteiger partial charge in [0.05, 0.1) is 6.61 Å². The molecule has 0 spiro atoms. The van der Waals surface area contributed by atoms with Gasteiger partial charge >= 0.3 is 0 Å². The van der Waals surface area contributed by atoms with Crippen LogP contribution < -0.4 is 0 Å². The van der Waals surface area contributed by atoms with Gasteiger partial charge in [0, 0.05) is 17.6 Å². The van der Waals surface area contributed by atoms with Crippen LogP contribution in [0.4, 0.5) is 4.39 Å². The highest BCUT2D eigenvalue weighted by Crippen LogP contribution is 2.30. The van der Waals surface area contributed by atoms with Crippen LogP contribution >= 0.6 is 0 Å². The normalized spacial score (nSPS) is 13.1. The number of hydrogen-bond acceptors (Lipinski definition) is 3. The molecule has 0 radical (unpaired) electrons. The van der Waals surface area contributed by atoms with Gasteiger partial charge in [0.15, 0.2) is 0 Å². The van der Waals surface area contributed by atoms with E-state index in [1.54, 1.807) is 6.07 Å². The molecule has 0 aliphatic heterocycles. The second-order valence-electron chi connectivity index (χ2n) is 4.32. The van der Waals surface area contributed by atoms with E-state index in [0.717, 1.165) is 12.0 Å². The van der Waals surface area contributed by atoms with Gasteiger partial charge in [-0.25, -0.2) is 4.39 Å². The van der Waals surface area contributed by atoms with Gasteiger partial charge in [-0.1, -0.05) is 6.92 Å². The number of aryl methyl sites for hydroxylation is 1. The van der Waals surface area contributed by atoms with Crippen molar-refractivity contribution in [3.63, 3.8) is 0 Å². The molecule has 1 N–H and O–H groups in total. The maximum absolute atomic E-state index is 13.1. The Kier molecular flexibility index (Phi) is 3.99. The molecule has 1 heterocycles. The first kappa shape index (κ1) is 13.1. The van der Waals surface area contributed by atoms with E-state index in [-0.39, 0.29) is 12.4 Å². The van der Waals surface area contributed by atoms with Crippen molar-refractivity contribution in [1.82, 2.24) is 0 Å². The van der Waals surface area contributed by atoms with Crippen molar-refractivity contribution in [2.75, 3.05) is 13.2 Å². The molecule has 2 aromatic rings. The summed E-state index contributed by atoms with van der Waals surface area (Å²) in [6.07, 6.45) is 0.0869. The molecular formula is C14H17FO3. The van der Waals surface area contributed by atoms with Crippen LogP contribution in [0.3, 0.4) is 0 Å². The monoisotopic (exact) mass is 252 g/mol. The van der Waals surface area contributed by atoms with Crippen LogP contribution in [0.25, 0.3) is 11.0 Å². The number of fused-ring (bicyclic) bond motifs is 1. The van der Waals surface area contributed by atoms with Gasteiger partial charge < -0.3 is 14.3 Å². The number of furan rings is 1. The van der Waals surface area contributed by atoms with E-state index in [0.29, 0.717) is 23.3 Å². The largest absolute Gasteiger partial charge is 0.458 e. The Bertz CT molecular complexity index is 533. The summed E-state index contributed by atoms with van der Waals surface area (Å²) in [5.74, 6) is 0.140. The highest BCUT2D eigenvalue weighted by molar-refractivity contribution is 5.82. The van der Waals surface area contributed by atoms with E-state index in [1.165, 1.54) is 12.1 Å². The van der Waals surface area contributed by atoms with Crippen LogP contribution in [-0.4, -0.2) is 18.3 Å². The molecule has 0 bridgehead atoms. The minimum Gasteiger partial charge on any atom is -0.458 e. The maximum atomic E-state index is 13.1. The Morgan fingerprint density at radius 3 is 2.94 bits per heavy atom. The smallest absolute Gasteiger partial charge is 0.139 e. The van der Waals surface area contributed by atoms with Crippen molar-refractivity contribution in [2.24, 2.45) is 0 Å². The molecule has 0 aliphatic rings. The van der Waals surface area contributed by atoms with Crippen molar-refractivity contribution in [3.8, 4) is 0 Å². The maximum Gasteiger partial charge on any atom is 0.139 e. The van der Waals surface area contributed by atoms with Gasteiger partial charge in [-0.15, -0.1) is 0 Å². The lowest BCUT2D eigenvalue weighted by atomic mass is 10.1. The summed E-state index contributed by atoms with van der Waals surface area (Å²) >= 11 is 0. The lowest BCUT2D eigenvalue weighted by Crippen LogP contribution is -2.07. The molecule has 0 aliphatic carbocycles. The lowest BCUT2D eigenvalue weighted by Gasteiger charge is -2.09. The van der Waals surface area contributed by atoms with E-state index >= 15 is 0 Å². The molecule has 2 rings (SSSR count). The van der Waals surface area contributed by atoms with Crippen LogP contribution in [0, 0.1) is 12.7 Å². The van der Waals surface area contributed by atoms with Crippen LogP contribution in [0.15, 0.2) is 22.6 Å². The summed E-state index contributed by atoms with van der Waals surface area (Å²) in [5, 5.41) is 10.7. The van der Waals surface area contributed by atoms with Crippen molar-refractivity contribution in [1.29, 1.82) is 0 Å². The Balaban J connectivity index is 2.25. The zero-order valence-corrected chi connectivity index (χ0v) is 10.6. The minimum atomic E-state index is -0.813. The summed E-state index contributed by atoms with van der Waals surface area (Å²) in [4.78, 5) is 0. The Morgan fingerprint density at radius 1 is 1.44 bits per heavy atom. The fraction of sp³-hybridized carbons (Fsp3) is 0.429. The number of hydrogen-bond donors (Lipinski definition) is 1. The first-order valence-corrected chi connectivity index (χ1v) is 6.07. The SMILES string of the molecule is CCCOCC(O)c1oc2ccc(F)cc2c1C. The third-order valence-electron chi connectivity index (χ3n) is 2.86. The highest BCUT2D eigenvalue weighted by Gasteiger charge is 2.18. The minimum absolute atomic E-state index is 0.191. The number of benzene rings is 1. The predicted molar refractivity (Wildman–Crippen MR) is 67.0 cm³/mol. The molecule has 0 fully saturated rings. The number of halogens is 1. The molecule has 1 unspecified atom stereocenters. The van der Waals surface area contributed by atoms with Crippen molar-refractivity contribution >= 4 is 11.0 Å². The lowest BCUT2D eigenvalue weighted by molar-refractivity contribution is 0.0257. The summed E-state index contributed by atoms with van der Waals surface area (Å²) in [6, 6.07) is 4.33. The van der Waals surface area contributed by atoms with Gasteiger partial charge in [0.2, 0.25) is 0 Å². The van der Waals surface area contributed by atoms with Gasteiger partial charge in [0.25, 0.3) is 0 Å². The number of rotatable bonds is 5. The fourth-order valence-electron chi connectivity index (χ4n) is 1.94. The Labute approximate surface area is 105 Å². The fourth-order valence-corrected chi connectivity index (χ4v) is 1.94. The molecule has 0 saturated carbocycles. The van der Waals surface area contributed by atoms with Crippen molar-refractivity contribution in [3.05, 3.63) is 35.3 Å². The number of ether oxygens (including phenoxy) is 1. The second-order valence-corrected chi connectivity index (χ2v) is 4.32. The number of aliphatic hydroxyl groups is 1. The average molecular weight is 252 g/mol. The third kappa shape index (κ3) is 2.54. The average Bonchev–Trinajstić information content (AvgIpc) is 2.67. The summed E-state index contributed by atoms with van der Waals surface area (Å²) in [7, 11) is 0. The highest BCUT2D eigenvalue weighted by atomic mass is 19.1. The van der Waals surface area contributed by atoms with Crippen LogP contribution in [0.1, 0.15) is 30.8 Å².